The lowest BCUT2D eigenvalue weighted by Crippen LogP contribution is -3.00. The molecule has 0 atom stereocenters. The highest BCUT2D eigenvalue weighted by Gasteiger charge is 2.46. The van der Waals surface area contributed by atoms with E-state index in [4.69, 9.17) is 23.2 Å². The van der Waals surface area contributed by atoms with Gasteiger partial charge in [-0.3, -0.25) is 12.9 Å². The summed E-state index contributed by atoms with van der Waals surface area (Å²) in [6.45, 7) is 34.4. The molecule has 0 saturated heterocycles. The molecule has 6 aliphatic rings. The number of para-hydroxylation sites is 4. The molecule has 4 aliphatic heterocycles. The van der Waals surface area contributed by atoms with Crippen molar-refractivity contribution in [1.29, 1.82) is 0 Å². The second-order valence-electron chi connectivity index (χ2n) is 37.0. The van der Waals surface area contributed by atoms with Crippen LogP contribution in [0.15, 0.2) is 365 Å². The molecular formula is C115H131B2Cl2F4N5S. The van der Waals surface area contributed by atoms with Gasteiger partial charge in [0.05, 0.1) is 11.6 Å². The summed E-state index contributed by atoms with van der Waals surface area (Å²) < 4.78 is 34.1. The summed E-state index contributed by atoms with van der Waals surface area (Å²) in [5.41, 5.74) is 29.3. The molecule has 129 heavy (non-hydrogen) atoms. The average molecular weight is 1780 g/mol. The Balaban J connectivity index is 0.000000182. The van der Waals surface area contributed by atoms with Crippen LogP contribution in [0.3, 0.4) is 0 Å². The molecule has 0 amide bonds. The van der Waals surface area contributed by atoms with E-state index in [9.17, 15) is 12.9 Å². The molecule has 16 rings (SSSR count). The van der Waals surface area contributed by atoms with Gasteiger partial charge >= 0.3 is 7.54 Å². The van der Waals surface area contributed by atoms with Crippen molar-refractivity contribution >= 4 is 111 Å². The molecule has 2 aliphatic carbocycles. The zero-order valence-corrected chi connectivity index (χ0v) is 80.6. The van der Waals surface area contributed by atoms with Crippen LogP contribution in [0.25, 0.3) is 0 Å². The Kier molecular flexibility index (Phi) is 34.1. The van der Waals surface area contributed by atoms with Crippen LogP contribution >= 0.6 is 35.0 Å². The van der Waals surface area contributed by atoms with Gasteiger partial charge in [-0.25, -0.2) is 0 Å². The molecule has 4 heterocycles. The first kappa shape index (κ1) is 97.7. The Morgan fingerprint density at radius 3 is 1.22 bits per heavy atom. The Morgan fingerprint density at radius 1 is 0.403 bits per heavy atom. The van der Waals surface area contributed by atoms with Crippen molar-refractivity contribution in [3.63, 3.8) is 0 Å². The SMILES string of the molecule is CCCCN1/C(=C/C=C2\CCCC(/C=C/C3=[N+](CCCC)c4ccccc4C3(C)C)=C2Sc2ccccc2)C(C)(C)c2ccccc21.CCCCN1C(=CC=C2CC/C(=C\C=C3\N(CCCC)c4ccc(Cl)cc4C3(C)C)C2=[N+](c2ccccc2)c2ccccc2)C(C)(C)c2cc(Cl)ccc21.CCCC[B-](c1ccccc1)(c1ccccc1)c1ccccc1.FB(F)F.[F-]. The Hall–Kier alpha value is -10.4. The van der Waals surface area contributed by atoms with E-state index in [1.165, 1.54) is 173 Å². The standard InChI is InChI=1S/C49H54Cl2N3.C44H53N2S.C22H24B.BF3.FH/c1-7-9-31-52-43-27-25-37(50)33-41(43)48(3,4)45(52)29-23-35-21-22-36(47(35)54(39-17-13-11-14-18-39)40-19-15-12-16-20-40)24-30-46-49(5,6)42-34-38(51)26-28-44(42)53(46)32-10-8-2;1-7-9-31-45-38-25-16-14-23-36(38)43(3,4)40(45)29-27-33-19-18-20-34(42(33)47-35-21-12-11-13-22-35)28-30-41-44(5,6)37-24-15-17-26-39(37)46(41)32-10-8-2;1-2-3-19-23(20-13-7-4-8-14-20,21-15-9-5-10-16-21)22-17-11-6-12-18-22;2-1(3)4;/h11-20,23-30,33-34H,7-10,21-22,31-32H2,1-6H3;11-17,21-30H,7-10,18-20,31-32H2,1-6H3;4-18H,2-3,19H2,1H3;;1H/q2*+1;-1;;/p-1. The minimum atomic E-state index is -3.67. The molecule has 0 N–H and O–H groups in total. The number of thioether (sulfide) groups is 1. The van der Waals surface area contributed by atoms with E-state index in [0.29, 0.717) is 0 Å². The van der Waals surface area contributed by atoms with E-state index in [0.717, 1.165) is 99.0 Å². The molecule has 1 fully saturated rings. The van der Waals surface area contributed by atoms with E-state index in [2.05, 4.69) is 417 Å². The Labute approximate surface area is 784 Å². The predicted octanol–water partition coefficient (Wildman–Crippen LogP) is 27.8. The van der Waals surface area contributed by atoms with Gasteiger partial charge in [-0.15, -0.1) is 0 Å². The molecule has 0 spiro atoms. The third-order valence-corrected chi connectivity index (χ3v) is 28.8. The maximum Gasteiger partial charge on any atom is 0.762 e. The summed E-state index contributed by atoms with van der Waals surface area (Å²) in [6, 6.07) is 96.6. The van der Waals surface area contributed by atoms with E-state index in [1.807, 2.05) is 23.9 Å². The first-order valence-electron chi connectivity index (χ1n) is 47.1. The summed E-state index contributed by atoms with van der Waals surface area (Å²) in [6.07, 6.45) is 36.8. The van der Waals surface area contributed by atoms with Crippen LogP contribution < -0.4 is 40.4 Å². The van der Waals surface area contributed by atoms with Crippen LogP contribution in [0.1, 0.15) is 209 Å². The number of hydrogen-bond acceptors (Lipinski definition) is 4. The van der Waals surface area contributed by atoms with E-state index in [1.54, 1.807) is 0 Å². The van der Waals surface area contributed by atoms with Crippen LogP contribution in [0.4, 0.5) is 47.1 Å². The van der Waals surface area contributed by atoms with Crippen molar-refractivity contribution in [2.45, 2.75) is 219 Å². The monoisotopic (exact) mass is 1780 g/mol. The van der Waals surface area contributed by atoms with Crippen molar-refractivity contribution in [2.75, 3.05) is 40.9 Å². The maximum atomic E-state index is 9.67. The maximum absolute atomic E-state index is 9.67. The minimum absolute atomic E-state index is 0. The second kappa shape index (κ2) is 45.0. The highest BCUT2D eigenvalue weighted by atomic mass is 35.5. The highest BCUT2D eigenvalue weighted by Crippen LogP contribution is 2.53. The predicted molar refractivity (Wildman–Crippen MR) is 552 cm³/mol. The molecule has 10 aromatic rings. The van der Waals surface area contributed by atoms with Crippen molar-refractivity contribution in [3.05, 3.63) is 392 Å². The van der Waals surface area contributed by atoms with Crippen molar-refractivity contribution in [3.8, 4) is 0 Å². The first-order valence-corrected chi connectivity index (χ1v) is 48.7. The van der Waals surface area contributed by atoms with Gasteiger partial charge in [0.1, 0.15) is 6.54 Å². The van der Waals surface area contributed by atoms with Crippen LogP contribution in [-0.2, 0) is 21.7 Å². The molecule has 1 saturated carbocycles. The van der Waals surface area contributed by atoms with Gasteiger partial charge in [-0.1, -0.05) is 356 Å². The number of nitrogens with zero attached hydrogens (tertiary/aromatic N) is 5. The lowest BCUT2D eigenvalue weighted by molar-refractivity contribution is -0.438. The molecular weight excluding hydrogens is 1650 g/mol. The van der Waals surface area contributed by atoms with Gasteiger partial charge in [0, 0.05) is 149 Å². The van der Waals surface area contributed by atoms with E-state index < -0.39 is 13.7 Å². The molecule has 0 bridgehead atoms. The van der Waals surface area contributed by atoms with Crippen molar-refractivity contribution in [2.24, 2.45) is 0 Å². The molecule has 670 valence electrons. The Morgan fingerprint density at radius 2 is 0.783 bits per heavy atom. The number of allylic oxidation sites excluding steroid dienone is 15. The average Bonchev–Trinajstić information content (AvgIpc) is 1.54. The topological polar surface area (TPSA) is 15.7 Å². The summed E-state index contributed by atoms with van der Waals surface area (Å²) >= 11 is 15.1. The number of rotatable bonds is 27. The third kappa shape index (κ3) is 22.0. The number of fused-ring (bicyclic) bond motifs is 4. The summed E-state index contributed by atoms with van der Waals surface area (Å²) in [4.78, 5) is 10.4. The second-order valence-corrected chi connectivity index (χ2v) is 38.9. The fourth-order valence-corrected chi connectivity index (χ4v) is 21.8. The number of anilines is 3. The number of hydrogen-bond donors (Lipinski definition) is 0. The van der Waals surface area contributed by atoms with Gasteiger partial charge in [-0.2, -0.15) is 31.9 Å². The van der Waals surface area contributed by atoms with Gasteiger partial charge in [-0.05, 0) is 166 Å². The zero-order valence-electron chi connectivity index (χ0n) is 78.2. The molecule has 5 nitrogen and oxygen atoms in total. The highest BCUT2D eigenvalue weighted by molar-refractivity contribution is 8.03. The third-order valence-electron chi connectivity index (χ3n) is 27.1. The van der Waals surface area contributed by atoms with Crippen molar-refractivity contribution in [1.82, 2.24) is 4.58 Å². The van der Waals surface area contributed by atoms with Gasteiger partial charge in [0.2, 0.25) is 22.8 Å². The van der Waals surface area contributed by atoms with Crippen LogP contribution in [0.5, 0.6) is 0 Å². The normalized spacial score (nSPS) is 18.0. The molecule has 14 heteroatoms. The minimum Gasteiger partial charge on any atom is -1.00 e. The summed E-state index contributed by atoms with van der Waals surface area (Å²) in [7, 11) is -3.67. The van der Waals surface area contributed by atoms with Crippen LogP contribution in [0.2, 0.25) is 16.4 Å². The first-order chi connectivity index (χ1) is 61.9. The molecule has 0 radical (unpaired) electrons. The Bertz CT molecular complexity index is 5520. The fraction of sp³-hybridized carbons (Fsp3) is 0.322. The summed E-state index contributed by atoms with van der Waals surface area (Å²) in [5.74, 6) is 0. The van der Waals surface area contributed by atoms with E-state index >= 15 is 0 Å². The number of halogens is 6. The van der Waals surface area contributed by atoms with Gasteiger partial charge in [0.15, 0.2) is 5.71 Å². The largest absolute Gasteiger partial charge is 1.00 e. The lowest BCUT2D eigenvalue weighted by Gasteiger charge is -2.43. The molecule has 10 aromatic carbocycles. The van der Waals surface area contributed by atoms with Crippen molar-refractivity contribution < 1.29 is 22.2 Å². The van der Waals surface area contributed by atoms with Gasteiger partial charge in [0.25, 0.3) is 0 Å². The fourth-order valence-electron chi connectivity index (χ4n) is 20.3. The lowest BCUT2D eigenvalue weighted by atomic mass is 9.14. The number of unbranched alkanes of at least 4 members (excludes halogenated alkanes) is 5. The zero-order chi connectivity index (χ0) is 90.6. The van der Waals surface area contributed by atoms with Crippen LogP contribution in [0, 0.1) is 0 Å². The van der Waals surface area contributed by atoms with Gasteiger partial charge < -0.3 is 19.4 Å². The summed E-state index contributed by atoms with van der Waals surface area (Å²) in [5, 5.41) is 1.58. The molecule has 0 unspecified atom stereocenters. The van der Waals surface area contributed by atoms with E-state index in [-0.39, 0.29) is 26.4 Å². The molecule has 0 aromatic heterocycles. The smallest absolute Gasteiger partial charge is 0.762 e. The quantitative estimate of drug-likeness (QED) is 0.0290. The number of benzene rings is 10. The van der Waals surface area contributed by atoms with Crippen LogP contribution in [-0.4, -0.2) is 55.9 Å².